The zero-order valence-electron chi connectivity index (χ0n) is 19.1. The molecule has 1 aromatic heterocycles. The molecule has 0 spiro atoms. The maximum absolute atomic E-state index is 12.3. The number of nitrogens with zero attached hydrogens (tertiary/aromatic N) is 5. The standard InChI is InChI=1S/C19H37N7O2.HI/c1-9-19(10-2,24-17(27)28-18(4,5)6)13-21-16(20-11-3)25(7)12-15-22-14-23-26(15)8;/h14H,9-13H2,1-8H3,(H,20,21)(H,24,27);1H. The van der Waals surface area contributed by atoms with Crippen molar-refractivity contribution in [3.8, 4) is 0 Å². The van der Waals surface area contributed by atoms with Gasteiger partial charge in [-0.1, -0.05) is 13.8 Å². The summed E-state index contributed by atoms with van der Waals surface area (Å²) in [6, 6.07) is 0. The summed E-state index contributed by atoms with van der Waals surface area (Å²) in [4.78, 5) is 23.4. The quantitative estimate of drug-likeness (QED) is 0.309. The van der Waals surface area contributed by atoms with Crippen LogP contribution in [0.2, 0.25) is 0 Å². The van der Waals surface area contributed by atoms with Crippen LogP contribution in [0.3, 0.4) is 0 Å². The van der Waals surface area contributed by atoms with E-state index in [0.717, 1.165) is 31.2 Å². The summed E-state index contributed by atoms with van der Waals surface area (Å²) >= 11 is 0. The molecular formula is C19H38IN7O2. The maximum atomic E-state index is 12.3. The highest BCUT2D eigenvalue weighted by Gasteiger charge is 2.30. The van der Waals surface area contributed by atoms with Crippen molar-refractivity contribution in [2.75, 3.05) is 20.1 Å². The number of ether oxygens (including phenoxy) is 1. The molecule has 0 radical (unpaired) electrons. The first-order valence-electron chi connectivity index (χ1n) is 9.89. The summed E-state index contributed by atoms with van der Waals surface area (Å²) in [6.45, 7) is 13.5. The number of guanidine groups is 1. The molecule has 1 aromatic rings. The van der Waals surface area contributed by atoms with Gasteiger partial charge in [0.25, 0.3) is 0 Å². The molecule has 0 aliphatic rings. The van der Waals surface area contributed by atoms with Crippen molar-refractivity contribution in [3.05, 3.63) is 12.2 Å². The number of rotatable bonds is 8. The predicted molar refractivity (Wildman–Crippen MR) is 127 cm³/mol. The largest absolute Gasteiger partial charge is 0.444 e. The highest BCUT2D eigenvalue weighted by molar-refractivity contribution is 14.0. The van der Waals surface area contributed by atoms with E-state index in [0.29, 0.717) is 13.1 Å². The topological polar surface area (TPSA) is 96.7 Å². The third-order valence-electron chi connectivity index (χ3n) is 4.53. The van der Waals surface area contributed by atoms with E-state index in [1.807, 2.05) is 60.5 Å². The number of hydrogen-bond donors (Lipinski definition) is 2. The summed E-state index contributed by atoms with van der Waals surface area (Å²) in [6.07, 6.45) is 2.62. The molecule has 0 aliphatic heterocycles. The Morgan fingerprint density at radius 2 is 1.90 bits per heavy atom. The van der Waals surface area contributed by atoms with Crippen LogP contribution in [0.5, 0.6) is 0 Å². The molecule has 1 rings (SSSR count). The minimum Gasteiger partial charge on any atom is -0.444 e. The SMILES string of the molecule is CCNC(=NCC(CC)(CC)NC(=O)OC(C)(C)C)N(C)Cc1ncnn1C.I. The minimum atomic E-state index is -0.536. The first-order chi connectivity index (χ1) is 13.1. The van der Waals surface area contributed by atoms with E-state index in [9.17, 15) is 4.79 Å². The Labute approximate surface area is 192 Å². The molecule has 168 valence electrons. The number of hydrogen-bond acceptors (Lipinski definition) is 5. The highest BCUT2D eigenvalue weighted by atomic mass is 127. The number of aryl methyl sites for hydroxylation is 1. The van der Waals surface area contributed by atoms with Gasteiger partial charge in [-0.05, 0) is 40.5 Å². The second kappa shape index (κ2) is 12.2. The predicted octanol–water partition coefficient (Wildman–Crippen LogP) is 2.91. The average Bonchev–Trinajstić information content (AvgIpc) is 3.00. The molecule has 29 heavy (non-hydrogen) atoms. The lowest BCUT2D eigenvalue weighted by molar-refractivity contribution is 0.0451. The van der Waals surface area contributed by atoms with Gasteiger partial charge in [0.1, 0.15) is 17.8 Å². The first kappa shape index (κ1) is 27.4. The fourth-order valence-electron chi connectivity index (χ4n) is 2.66. The van der Waals surface area contributed by atoms with Crippen molar-refractivity contribution < 1.29 is 9.53 Å². The average molecular weight is 523 g/mol. The van der Waals surface area contributed by atoms with Crippen LogP contribution in [-0.4, -0.2) is 63.0 Å². The normalized spacial score (nSPS) is 12.2. The molecule has 0 aliphatic carbocycles. The van der Waals surface area contributed by atoms with Crippen LogP contribution in [-0.2, 0) is 18.3 Å². The van der Waals surface area contributed by atoms with Gasteiger partial charge in [0, 0.05) is 20.6 Å². The lowest BCUT2D eigenvalue weighted by Gasteiger charge is -2.33. The van der Waals surface area contributed by atoms with E-state index in [1.165, 1.54) is 6.33 Å². The molecule has 9 nitrogen and oxygen atoms in total. The number of aromatic nitrogens is 3. The van der Waals surface area contributed by atoms with Crippen LogP contribution in [0.1, 0.15) is 60.2 Å². The zero-order valence-corrected chi connectivity index (χ0v) is 21.4. The van der Waals surface area contributed by atoms with Crippen molar-refractivity contribution in [3.63, 3.8) is 0 Å². The van der Waals surface area contributed by atoms with Crippen LogP contribution in [0.25, 0.3) is 0 Å². The Hall–Kier alpha value is -1.59. The third-order valence-corrected chi connectivity index (χ3v) is 4.53. The fraction of sp³-hybridized carbons (Fsp3) is 0.789. The van der Waals surface area contributed by atoms with Crippen molar-refractivity contribution in [1.29, 1.82) is 0 Å². The van der Waals surface area contributed by atoms with Gasteiger partial charge >= 0.3 is 6.09 Å². The lowest BCUT2D eigenvalue weighted by Crippen LogP contribution is -2.52. The Balaban J connectivity index is 0.00000784. The molecule has 0 fully saturated rings. The van der Waals surface area contributed by atoms with E-state index in [4.69, 9.17) is 9.73 Å². The molecule has 0 aromatic carbocycles. The molecule has 10 heteroatoms. The van der Waals surface area contributed by atoms with E-state index >= 15 is 0 Å². The zero-order chi connectivity index (χ0) is 21.4. The van der Waals surface area contributed by atoms with Gasteiger partial charge in [0.15, 0.2) is 5.96 Å². The summed E-state index contributed by atoms with van der Waals surface area (Å²) < 4.78 is 7.18. The number of aliphatic imine (C=N–C) groups is 1. The number of halogens is 1. The molecule has 0 saturated heterocycles. The van der Waals surface area contributed by atoms with E-state index in [-0.39, 0.29) is 24.0 Å². The van der Waals surface area contributed by atoms with Gasteiger partial charge < -0.3 is 20.3 Å². The molecule has 1 amide bonds. The van der Waals surface area contributed by atoms with Gasteiger partial charge in [0.05, 0.1) is 18.6 Å². The third kappa shape index (κ3) is 9.18. The van der Waals surface area contributed by atoms with E-state index in [2.05, 4.69) is 20.7 Å². The summed E-state index contributed by atoms with van der Waals surface area (Å²) in [5, 5.41) is 10.4. The van der Waals surface area contributed by atoms with Gasteiger partial charge in [-0.15, -0.1) is 24.0 Å². The van der Waals surface area contributed by atoms with Crippen molar-refractivity contribution in [1.82, 2.24) is 30.3 Å². The Kier molecular flexibility index (Phi) is 11.5. The number of amides is 1. The summed E-state index contributed by atoms with van der Waals surface area (Å²) in [5.41, 5.74) is -1.000. The minimum absolute atomic E-state index is 0. The van der Waals surface area contributed by atoms with Crippen LogP contribution in [0.15, 0.2) is 11.3 Å². The number of carbonyl (C=O) groups excluding carboxylic acids is 1. The second-order valence-electron chi connectivity index (χ2n) is 7.94. The van der Waals surface area contributed by atoms with Gasteiger partial charge in [-0.25, -0.2) is 9.78 Å². The molecular weight excluding hydrogens is 485 g/mol. The van der Waals surface area contributed by atoms with Gasteiger partial charge in [0.2, 0.25) is 0 Å². The molecule has 0 atom stereocenters. The first-order valence-corrected chi connectivity index (χ1v) is 9.89. The van der Waals surface area contributed by atoms with E-state index < -0.39 is 17.2 Å². The number of nitrogens with one attached hydrogen (secondary N) is 2. The Morgan fingerprint density at radius 1 is 1.28 bits per heavy atom. The smallest absolute Gasteiger partial charge is 0.408 e. The van der Waals surface area contributed by atoms with Crippen LogP contribution >= 0.6 is 24.0 Å². The van der Waals surface area contributed by atoms with Crippen molar-refractivity contribution in [2.45, 2.75) is 72.1 Å². The maximum Gasteiger partial charge on any atom is 0.408 e. The van der Waals surface area contributed by atoms with Gasteiger partial charge in [-0.2, -0.15) is 5.10 Å². The van der Waals surface area contributed by atoms with Crippen molar-refractivity contribution in [2.24, 2.45) is 12.0 Å². The molecule has 2 N–H and O–H groups in total. The van der Waals surface area contributed by atoms with Crippen LogP contribution < -0.4 is 10.6 Å². The second-order valence-corrected chi connectivity index (χ2v) is 7.94. The Bertz CT molecular complexity index is 651. The molecule has 0 saturated carbocycles. The van der Waals surface area contributed by atoms with Gasteiger partial charge in [-0.3, -0.25) is 9.67 Å². The molecule has 0 bridgehead atoms. The van der Waals surface area contributed by atoms with E-state index in [1.54, 1.807) is 4.68 Å². The summed E-state index contributed by atoms with van der Waals surface area (Å²) in [7, 11) is 3.82. The van der Waals surface area contributed by atoms with Crippen molar-refractivity contribution >= 4 is 36.0 Å². The summed E-state index contributed by atoms with van der Waals surface area (Å²) in [5.74, 6) is 1.60. The highest BCUT2D eigenvalue weighted by Crippen LogP contribution is 2.18. The Morgan fingerprint density at radius 3 is 2.34 bits per heavy atom. The molecule has 0 unspecified atom stereocenters. The number of carbonyl (C=O) groups is 1. The lowest BCUT2D eigenvalue weighted by atomic mass is 9.93. The van der Waals surface area contributed by atoms with Crippen LogP contribution in [0, 0.1) is 0 Å². The van der Waals surface area contributed by atoms with Crippen LogP contribution in [0.4, 0.5) is 4.79 Å². The number of alkyl carbamates (subject to hydrolysis) is 1. The molecule has 1 heterocycles. The fourth-order valence-corrected chi connectivity index (χ4v) is 2.66. The monoisotopic (exact) mass is 523 g/mol.